The molecule has 1 aromatic rings. The summed E-state index contributed by atoms with van der Waals surface area (Å²) in [5.74, 6) is 2.18. The molecule has 2 saturated heterocycles. The van der Waals surface area contributed by atoms with Gasteiger partial charge in [-0.25, -0.2) is 4.79 Å². The quantitative estimate of drug-likeness (QED) is 0.540. The van der Waals surface area contributed by atoms with E-state index in [9.17, 15) is 9.59 Å². The lowest BCUT2D eigenvalue weighted by atomic mass is 9.85. The molecule has 31 heavy (non-hydrogen) atoms. The van der Waals surface area contributed by atoms with Crippen LogP contribution in [0, 0.1) is 5.92 Å². The van der Waals surface area contributed by atoms with Crippen LogP contribution in [0.3, 0.4) is 0 Å². The van der Waals surface area contributed by atoms with Crippen LogP contribution >= 0.6 is 11.8 Å². The fourth-order valence-electron chi connectivity index (χ4n) is 4.82. The number of imide groups is 1. The number of hydrogen-bond donors (Lipinski definition) is 0. The molecule has 0 bridgehead atoms. The van der Waals surface area contributed by atoms with Gasteiger partial charge >= 0.3 is 6.03 Å². The third-order valence-corrected chi connectivity index (χ3v) is 7.42. The number of carbonyl (C=O) groups excluding carboxylic acids is 2. The van der Waals surface area contributed by atoms with Gasteiger partial charge in [0.25, 0.3) is 5.91 Å². The smallest absolute Gasteiger partial charge is 0.327 e. The number of benzene rings is 1. The highest BCUT2D eigenvalue weighted by molar-refractivity contribution is 7.98. The first-order valence-electron chi connectivity index (χ1n) is 11.3. The lowest BCUT2D eigenvalue weighted by molar-refractivity contribution is -0.136. The molecule has 1 spiro atoms. The van der Waals surface area contributed by atoms with Crippen LogP contribution < -0.4 is 4.74 Å². The maximum Gasteiger partial charge on any atom is 0.327 e. The lowest BCUT2D eigenvalue weighted by Crippen LogP contribution is -2.58. The molecule has 7 heteroatoms. The first-order valence-corrected chi connectivity index (χ1v) is 12.7. The molecule has 0 saturated carbocycles. The van der Waals surface area contributed by atoms with Gasteiger partial charge in [-0.3, -0.25) is 14.6 Å². The van der Waals surface area contributed by atoms with Crippen molar-refractivity contribution in [3.63, 3.8) is 0 Å². The van der Waals surface area contributed by atoms with Crippen LogP contribution in [-0.2, 0) is 11.2 Å². The zero-order valence-electron chi connectivity index (χ0n) is 19.6. The van der Waals surface area contributed by atoms with Crippen molar-refractivity contribution in [2.45, 2.75) is 51.6 Å². The number of piperidine rings is 1. The fraction of sp³-hybridized carbons (Fsp3) is 0.667. The van der Waals surface area contributed by atoms with Crippen molar-refractivity contribution in [1.82, 2.24) is 14.7 Å². The summed E-state index contributed by atoms with van der Waals surface area (Å²) < 4.78 is 5.24. The Labute approximate surface area is 191 Å². The van der Waals surface area contributed by atoms with Gasteiger partial charge in [-0.1, -0.05) is 26.0 Å². The number of likely N-dealkylation sites (tertiary alicyclic amines) is 1. The van der Waals surface area contributed by atoms with E-state index in [4.69, 9.17) is 4.74 Å². The number of nitrogens with zero attached hydrogens (tertiary/aromatic N) is 3. The van der Waals surface area contributed by atoms with Crippen molar-refractivity contribution in [2.75, 3.05) is 45.3 Å². The summed E-state index contributed by atoms with van der Waals surface area (Å²) in [4.78, 5) is 32.8. The molecule has 1 aromatic carbocycles. The molecule has 2 fully saturated rings. The number of hydrogen-bond acceptors (Lipinski definition) is 5. The minimum absolute atomic E-state index is 0.0121. The van der Waals surface area contributed by atoms with Gasteiger partial charge in [-0.05, 0) is 56.1 Å². The van der Waals surface area contributed by atoms with Crippen LogP contribution in [0.1, 0.15) is 39.2 Å². The highest BCUT2D eigenvalue weighted by atomic mass is 32.2. The van der Waals surface area contributed by atoms with E-state index in [0.717, 1.165) is 36.6 Å². The minimum Gasteiger partial charge on any atom is -0.497 e. The van der Waals surface area contributed by atoms with E-state index >= 15 is 0 Å². The maximum absolute atomic E-state index is 13.6. The third-order valence-electron chi connectivity index (χ3n) is 6.61. The molecule has 0 N–H and O–H groups in total. The van der Waals surface area contributed by atoms with Crippen LogP contribution in [0.4, 0.5) is 4.79 Å². The van der Waals surface area contributed by atoms with Crippen LogP contribution in [0.5, 0.6) is 5.75 Å². The normalized spacial score (nSPS) is 20.2. The molecular formula is C24H37N3O3S. The van der Waals surface area contributed by atoms with Crippen LogP contribution in [0.2, 0.25) is 0 Å². The standard InChI is InChI=1S/C24H37N3O3S/c1-18(2)16-26-22(28)24(11-14-25(15-12-24)19(3)17-31-5)27(23(26)29)13-10-20-6-8-21(30-4)9-7-20/h6-9,18-19H,10-17H2,1-5H3. The molecule has 1 atom stereocenters. The molecule has 1 unspecified atom stereocenters. The van der Waals surface area contributed by atoms with Crippen molar-refractivity contribution in [2.24, 2.45) is 5.92 Å². The topological polar surface area (TPSA) is 53.1 Å². The molecule has 3 amide bonds. The summed E-state index contributed by atoms with van der Waals surface area (Å²) >= 11 is 1.85. The van der Waals surface area contributed by atoms with E-state index in [1.54, 1.807) is 7.11 Å². The predicted octanol–water partition coefficient (Wildman–Crippen LogP) is 3.74. The summed E-state index contributed by atoms with van der Waals surface area (Å²) in [6, 6.07) is 8.33. The Kier molecular flexibility index (Phi) is 7.92. The van der Waals surface area contributed by atoms with Crippen molar-refractivity contribution >= 4 is 23.7 Å². The number of rotatable bonds is 9. The molecule has 0 radical (unpaired) electrons. The Bertz CT molecular complexity index is 760. The van der Waals surface area contributed by atoms with Gasteiger partial charge < -0.3 is 9.64 Å². The van der Waals surface area contributed by atoms with Crippen molar-refractivity contribution in [3.8, 4) is 5.75 Å². The second-order valence-corrected chi connectivity index (χ2v) is 10.1. The number of thioether (sulfide) groups is 1. The summed E-state index contributed by atoms with van der Waals surface area (Å²) in [5.41, 5.74) is 0.457. The number of carbonyl (C=O) groups is 2. The molecule has 2 heterocycles. The Morgan fingerprint density at radius 3 is 2.29 bits per heavy atom. The van der Waals surface area contributed by atoms with Gasteiger partial charge in [-0.2, -0.15) is 11.8 Å². The maximum atomic E-state index is 13.6. The third kappa shape index (κ3) is 5.03. The van der Waals surface area contributed by atoms with Crippen LogP contribution in [0.15, 0.2) is 24.3 Å². The first kappa shape index (κ1) is 23.9. The second kappa shape index (κ2) is 10.3. The van der Waals surface area contributed by atoms with E-state index < -0.39 is 5.54 Å². The minimum atomic E-state index is -0.686. The van der Waals surface area contributed by atoms with E-state index in [0.29, 0.717) is 32.0 Å². The summed E-state index contributed by atoms with van der Waals surface area (Å²) in [7, 11) is 1.66. The Morgan fingerprint density at radius 2 is 1.74 bits per heavy atom. The van der Waals surface area contributed by atoms with Gasteiger partial charge in [0.2, 0.25) is 0 Å². The largest absolute Gasteiger partial charge is 0.497 e. The van der Waals surface area contributed by atoms with Crippen molar-refractivity contribution < 1.29 is 14.3 Å². The first-order chi connectivity index (χ1) is 14.8. The van der Waals surface area contributed by atoms with E-state index in [2.05, 4.69) is 31.9 Å². The van der Waals surface area contributed by atoms with Gasteiger partial charge in [0, 0.05) is 38.0 Å². The van der Waals surface area contributed by atoms with Gasteiger partial charge in [-0.15, -0.1) is 0 Å². The van der Waals surface area contributed by atoms with Crippen molar-refractivity contribution in [3.05, 3.63) is 29.8 Å². The number of ether oxygens (including phenoxy) is 1. The Hall–Kier alpha value is -1.73. The second-order valence-electron chi connectivity index (χ2n) is 9.21. The molecule has 2 aliphatic heterocycles. The van der Waals surface area contributed by atoms with E-state index in [1.807, 2.05) is 40.9 Å². The fourth-order valence-corrected chi connectivity index (χ4v) is 5.51. The SMILES string of the molecule is COc1ccc(CCN2C(=O)N(CC(C)C)C(=O)C23CCN(C(C)CSC)CC3)cc1. The summed E-state index contributed by atoms with van der Waals surface area (Å²) in [6.07, 6.45) is 4.29. The molecule has 172 valence electrons. The Morgan fingerprint density at radius 1 is 1.10 bits per heavy atom. The van der Waals surface area contributed by atoms with Gasteiger partial charge in [0.1, 0.15) is 11.3 Å². The van der Waals surface area contributed by atoms with Gasteiger partial charge in [0.05, 0.1) is 7.11 Å². The Balaban J connectivity index is 1.78. The zero-order valence-corrected chi connectivity index (χ0v) is 20.4. The number of urea groups is 1. The zero-order chi connectivity index (χ0) is 22.6. The van der Waals surface area contributed by atoms with Crippen LogP contribution in [0.25, 0.3) is 0 Å². The molecule has 3 rings (SSSR count). The molecule has 0 aromatic heterocycles. The molecule has 2 aliphatic rings. The highest BCUT2D eigenvalue weighted by Crippen LogP contribution is 2.38. The number of methoxy groups -OCH3 is 1. The van der Waals surface area contributed by atoms with Crippen LogP contribution in [-0.4, -0.2) is 83.5 Å². The lowest BCUT2D eigenvalue weighted by Gasteiger charge is -2.44. The number of amides is 3. The average Bonchev–Trinajstić information content (AvgIpc) is 2.94. The molecular weight excluding hydrogens is 410 g/mol. The molecule has 0 aliphatic carbocycles. The highest BCUT2D eigenvalue weighted by Gasteiger charge is 2.57. The summed E-state index contributed by atoms with van der Waals surface area (Å²) in [6.45, 7) is 9.13. The average molecular weight is 448 g/mol. The van der Waals surface area contributed by atoms with E-state index in [-0.39, 0.29) is 17.9 Å². The summed E-state index contributed by atoms with van der Waals surface area (Å²) in [5, 5.41) is 0. The molecule has 6 nitrogen and oxygen atoms in total. The van der Waals surface area contributed by atoms with Crippen molar-refractivity contribution in [1.29, 1.82) is 0 Å². The van der Waals surface area contributed by atoms with E-state index in [1.165, 1.54) is 4.90 Å². The predicted molar refractivity (Wildman–Crippen MR) is 127 cm³/mol. The monoisotopic (exact) mass is 447 g/mol. The van der Waals surface area contributed by atoms with Gasteiger partial charge in [0.15, 0.2) is 0 Å².